The molecule has 0 aliphatic carbocycles. The van der Waals surface area contributed by atoms with Crippen LogP contribution in [0, 0.1) is 0 Å². The molecule has 0 saturated carbocycles. The van der Waals surface area contributed by atoms with Crippen LogP contribution in [0.4, 0.5) is 11.5 Å². The number of pyridine rings is 1. The van der Waals surface area contributed by atoms with Gasteiger partial charge in [-0.1, -0.05) is 0 Å². The molecule has 0 bridgehead atoms. The highest BCUT2D eigenvalue weighted by Crippen LogP contribution is 2.47. The van der Waals surface area contributed by atoms with Crippen molar-refractivity contribution in [1.29, 1.82) is 0 Å². The second kappa shape index (κ2) is 4.66. The molecule has 2 aliphatic rings. The van der Waals surface area contributed by atoms with Gasteiger partial charge in [0.1, 0.15) is 11.9 Å². The third-order valence-electron chi connectivity index (χ3n) is 3.80. The fourth-order valence-electron chi connectivity index (χ4n) is 2.72. The number of carbonyl (C=O) groups excluding carboxylic acids is 2. The van der Waals surface area contributed by atoms with E-state index in [4.69, 9.17) is 5.73 Å². The van der Waals surface area contributed by atoms with Gasteiger partial charge in [-0.25, -0.2) is 4.98 Å². The molecule has 3 rings (SSSR count). The van der Waals surface area contributed by atoms with Gasteiger partial charge in [0.2, 0.25) is 11.8 Å². The van der Waals surface area contributed by atoms with Crippen molar-refractivity contribution >= 4 is 35.1 Å². The van der Waals surface area contributed by atoms with Crippen LogP contribution in [0.1, 0.15) is 19.8 Å². The highest BCUT2D eigenvalue weighted by Gasteiger charge is 2.52. The number of anilines is 2. The zero-order chi connectivity index (χ0) is 14.3. The van der Waals surface area contributed by atoms with Crippen LogP contribution in [0.2, 0.25) is 0 Å². The quantitative estimate of drug-likeness (QED) is 0.851. The van der Waals surface area contributed by atoms with Gasteiger partial charge in [-0.3, -0.25) is 9.59 Å². The molecule has 2 saturated heterocycles. The van der Waals surface area contributed by atoms with Crippen molar-refractivity contribution in [2.45, 2.75) is 30.7 Å². The van der Waals surface area contributed by atoms with Crippen LogP contribution in [0.5, 0.6) is 0 Å². The first kappa shape index (κ1) is 13.2. The maximum atomic E-state index is 12.4. The molecule has 2 amide bonds. The number of nitrogens with two attached hydrogens (primary N) is 1. The molecule has 2 unspecified atom stereocenters. The van der Waals surface area contributed by atoms with Crippen molar-refractivity contribution in [2.75, 3.05) is 16.8 Å². The summed E-state index contributed by atoms with van der Waals surface area (Å²) in [6.45, 7) is 2.03. The van der Waals surface area contributed by atoms with Crippen molar-refractivity contribution in [3.63, 3.8) is 0 Å². The first-order chi connectivity index (χ1) is 9.49. The molecule has 6 nitrogen and oxygen atoms in total. The van der Waals surface area contributed by atoms with Gasteiger partial charge in [0.25, 0.3) is 0 Å². The van der Waals surface area contributed by atoms with Gasteiger partial charge in [0.15, 0.2) is 0 Å². The molecule has 7 heteroatoms. The van der Waals surface area contributed by atoms with E-state index < -0.39 is 6.04 Å². The number of rotatable bonds is 2. The Morgan fingerprint density at radius 2 is 2.40 bits per heavy atom. The standard InChI is InChI=1S/C13H16N4O2S/c1-13-5-4-11(18)17(13)9(7-20-13)12(19)16-8-2-3-10(14)15-6-8/h2-3,6,9H,4-5,7H2,1H3,(H2,14,15)(H,16,19). The minimum Gasteiger partial charge on any atom is -0.384 e. The van der Waals surface area contributed by atoms with Crippen molar-refractivity contribution in [3.8, 4) is 0 Å². The number of hydrogen-bond acceptors (Lipinski definition) is 5. The number of fused-ring (bicyclic) bond motifs is 1. The molecule has 0 spiro atoms. The van der Waals surface area contributed by atoms with E-state index in [0.29, 0.717) is 23.7 Å². The zero-order valence-electron chi connectivity index (χ0n) is 11.1. The number of carbonyl (C=O) groups is 2. The van der Waals surface area contributed by atoms with Crippen LogP contribution >= 0.6 is 11.8 Å². The van der Waals surface area contributed by atoms with Crippen molar-refractivity contribution < 1.29 is 9.59 Å². The molecule has 106 valence electrons. The molecule has 0 aromatic carbocycles. The van der Waals surface area contributed by atoms with Crippen LogP contribution in [-0.4, -0.2) is 38.4 Å². The monoisotopic (exact) mass is 292 g/mol. The summed E-state index contributed by atoms with van der Waals surface area (Å²) in [6.07, 6.45) is 2.85. The molecule has 2 atom stereocenters. The molecular weight excluding hydrogens is 276 g/mol. The number of hydrogen-bond donors (Lipinski definition) is 2. The summed E-state index contributed by atoms with van der Waals surface area (Å²) in [5.74, 6) is 0.939. The summed E-state index contributed by atoms with van der Waals surface area (Å²) in [7, 11) is 0. The number of aromatic nitrogens is 1. The van der Waals surface area contributed by atoms with Crippen LogP contribution < -0.4 is 11.1 Å². The molecule has 3 heterocycles. The number of nitrogens with one attached hydrogen (secondary N) is 1. The first-order valence-corrected chi connectivity index (χ1v) is 7.47. The van der Waals surface area contributed by atoms with Crippen LogP contribution in [0.25, 0.3) is 0 Å². The largest absolute Gasteiger partial charge is 0.384 e. The molecule has 1 aromatic heterocycles. The van der Waals surface area contributed by atoms with Gasteiger partial charge >= 0.3 is 0 Å². The Balaban J connectivity index is 1.75. The topological polar surface area (TPSA) is 88.3 Å². The molecule has 2 aliphatic heterocycles. The molecule has 0 radical (unpaired) electrons. The highest BCUT2D eigenvalue weighted by atomic mass is 32.2. The summed E-state index contributed by atoms with van der Waals surface area (Å²) in [5.41, 5.74) is 6.10. The maximum absolute atomic E-state index is 12.4. The SMILES string of the molecule is CC12CCC(=O)N1C(C(=O)Nc1ccc(N)nc1)CS2. The molecule has 3 N–H and O–H groups in total. The molecule has 2 fully saturated rings. The summed E-state index contributed by atoms with van der Waals surface area (Å²) < 4.78 is 0. The lowest BCUT2D eigenvalue weighted by molar-refractivity contribution is -0.135. The Morgan fingerprint density at radius 3 is 3.10 bits per heavy atom. The lowest BCUT2D eigenvalue weighted by Gasteiger charge is -2.29. The summed E-state index contributed by atoms with van der Waals surface area (Å²) >= 11 is 1.68. The van der Waals surface area contributed by atoms with Gasteiger partial charge in [-0.05, 0) is 25.5 Å². The van der Waals surface area contributed by atoms with Gasteiger partial charge in [0, 0.05) is 12.2 Å². The molecule has 20 heavy (non-hydrogen) atoms. The number of amides is 2. The Hall–Kier alpha value is -1.76. The number of nitrogens with zero attached hydrogens (tertiary/aromatic N) is 2. The van der Waals surface area contributed by atoms with E-state index in [9.17, 15) is 9.59 Å². The maximum Gasteiger partial charge on any atom is 0.248 e. The number of thioether (sulfide) groups is 1. The molecular formula is C13H16N4O2S. The van der Waals surface area contributed by atoms with E-state index in [2.05, 4.69) is 10.3 Å². The van der Waals surface area contributed by atoms with Crippen molar-refractivity contribution in [1.82, 2.24) is 9.88 Å². The average Bonchev–Trinajstić information content (AvgIpc) is 2.90. The van der Waals surface area contributed by atoms with Crippen LogP contribution in [-0.2, 0) is 9.59 Å². The number of nitrogen functional groups attached to an aromatic ring is 1. The van der Waals surface area contributed by atoms with E-state index in [1.165, 1.54) is 6.20 Å². The van der Waals surface area contributed by atoms with E-state index in [1.54, 1.807) is 28.8 Å². The lowest BCUT2D eigenvalue weighted by atomic mass is 10.2. The van der Waals surface area contributed by atoms with Gasteiger partial charge in [-0.15, -0.1) is 11.8 Å². The second-order valence-corrected chi connectivity index (χ2v) is 6.73. The Bertz CT molecular complexity index is 562. The van der Waals surface area contributed by atoms with Crippen LogP contribution in [0.3, 0.4) is 0 Å². The predicted octanol–water partition coefficient (Wildman–Crippen LogP) is 1.06. The second-order valence-electron chi connectivity index (χ2n) is 5.23. The summed E-state index contributed by atoms with van der Waals surface area (Å²) in [6, 6.07) is 2.93. The first-order valence-electron chi connectivity index (χ1n) is 6.48. The Morgan fingerprint density at radius 1 is 1.60 bits per heavy atom. The molecule has 1 aromatic rings. The van der Waals surface area contributed by atoms with E-state index >= 15 is 0 Å². The van der Waals surface area contributed by atoms with Gasteiger partial charge in [0.05, 0.1) is 16.8 Å². The van der Waals surface area contributed by atoms with Crippen LogP contribution in [0.15, 0.2) is 18.3 Å². The Kier molecular flexibility index (Phi) is 3.08. The minimum absolute atomic E-state index is 0.0630. The minimum atomic E-state index is -0.405. The third-order valence-corrected chi connectivity index (χ3v) is 5.31. The van der Waals surface area contributed by atoms with Crippen molar-refractivity contribution in [3.05, 3.63) is 18.3 Å². The van der Waals surface area contributed by atoms with Gasteiger partial charge < -0.3 is 16.0 Å². The van der Waals surface area contributed by atoms with Crippen molar-refractivity contribution in [2.24, 2.45) is 0 Å². The smallest absolute Gasteiger partial charge is 0.248 e. The van der Waals surface area contributed by atoms with E-state index in [0.717, 1.165) is 6.42 Å². The zero-order valence-corrected chi connectivity index (χ0v) is 11.9. The summed E-state index contributed by atoms with van der Waals surface area (Å²) in [5, 5.41) is 2.80. The third kappa shape index (κ3) is 2.11. The Labute approximate surface area is 121 Å². The van der Waals surface area contributed by atoms with E-state index in [1.807, 2.05) is 6.92 Å². The predicted molar refractivity (Wildman–Crippen MR) is 78.0 cm³/mol. The fourth-order valence-corrected chi connectivity index (χ4v) is 4.15. The highest BCUT2D eigenvalue weighted by molar-refractivity contribution is 8.01. The average molecular weight is 292 g/mol. The van der Waals surface area contributed by atoms with E-state index in [-0.39, 0.29) is 16.7 Å². The fraction of sp³-hybridized carbons (Fsp3) is 0.462. The normalized spacial score (nSPS) is 28.6. The lowest BCUT2D eigenvalue weighted by Crippen LogP contribution is -2.48. The van der Waals surface area contributed by atoms with Gasteiger partial charge in [-0.2, -0.15) is 0 Å². The summed E-state index contributed by atoms with van der Waals surface area (Å²) in [4.78, 5) is 29.8.